The van der Waals surface area contributed by atoms with Crippen LogP contribution in [0.5, 0.6) is 0 Å². The minimum absolute atomic E-state index is 0.262. The number of para-hydroxylation sites is 1. The Morgan fingerprint density at radius 2 is 1.46 bits per heavy atom. The smallest absolute Gasteiger partial charge is 0.280 e. The van der Waals surface area contributed by atoms with Gasteiger partial charge in [-0.25, -0.2) is 9.97 Å². The van der Waals surface area contributed by atoms with Crippen molar-refractivity contribution in [1.29, 1.82) is 0 Å². The summed E-state index contributed by atoms with van der Waals surface area (Å²) < 4.78 is 2.85. The zero-order valence-corrected chi connectivity index (χ0v) is 22.3. The molecule has 0 unspecified atom stereocenters. The average molecular weight is 589 g/mol. The molecule has 0 N–H and O–H groups in total. The highest BCUT2D eigenvalue weighted by atomic mass is 79.9. The van der Waals surface area contributed by atoms with Crippen LogP contribution in [0.3, 0.4) is 0 Å². The van der Waals surface area contributed by atoms with Gasteiger partial charge in [0.15, 0.2) is 11.2 Å². The number of fused-ring (bicyclic) bond motifs is 1. The number of halogens is 4. The average Bonchev–Trinajstić information content (AvgIpc) is 3.24. The van der Waals surface area contributed by atoms with Crippen molar-refractivity contribution in [2.75, 3.05) is 0 Å². The molecule has 35 heavy (non-hydrogen) atoms. The summed E-state index contributed by atoms with van der Waals surface area (Å²) in [6, 6.07) is 24.3. The zero-order chi connectivity index (χ0) is 24.7. The van der Waals surface area contributed by atoms with E-state index in [0.717, 1.165) is 16.0 Å². The van der Waals surface area contributed by atoms with E-state index in [0.29, 0.717) is 40.2 Å². The standard InChI is InChI=1S/C26H18BrCl3N4O/c1-2-21-31-22-24(33(21)19-6-4-3-5-7-19)32-23(16-8-10-17(11-9-16)26(28,29)30)34(25(22)35)20-14-12-18(27)13-15-20/h3-15H,2H2,1H3. The lowest BCUT2D eigenvalue weighted by atomic mass is 10.1. The molecule has 0 atom stereocenters. The van der Waals surface area contributed by atoms with E-state index in [9.17, 15) is 4.79 Å². The van der Waals surface area contributed by atoms with Gasteiger partial charge in [0.2, 0.25) is 3.79 Å². The molecule has 0 aliphatic heterocycles. The Morgan fingerprint density at radius 3 is 2.06 bits per heavy atom. The van der Waals surface area contributed by atoms with E-state index in [2.05, 4.69) is 15.9 Å². The van der Waals surface area contributed by atoms with E-state index >= 15 is 0 Å². The monoisotopic (exact) mass is 586 g/mol. The van der Waals surface area contributed by atoms with E-state index in [1.807, 2.05) is 66.1 Å². The second kappa shape index (κ2) is 9.43. The fourth-order valence-electron chi connectivity index (χ4n) is 3.97. The van der Waals surface area contributed by atoms with Gasteiger partial charge in [0.25, 0.3) is 5.56 Å². The highest BCUT2D eigenvalue weighted by Gasteiger charge is 2.24. The van der Waals surface area contributed by atoms with E-state index in [1.165, 1.54) is 0 Å². The molecule has 0 amide bonds. The van der Waals surface area contributed by atoms with E-state index < -0.39 is 3.79 Å². The Hall–Kier alpha value is -2.64. The molecular weight excluding hydrogens is 571 g/mol. The van der Waals surface area contributed by atoms with Gasteiger partial charge in [-0.1, -0.05) is 100 Å². The number of nitrogens with zero attached hydrogens (tertiary/aromatic N) is 4. The van der Waals surface area contributed by atoms with Crippen LogP contribution in [0.1, 0.15) is 18.3 Å². The van der Waals surface area contributed by atoms with Crippen molar-refractivity contribution in [2.24, 2.45) is 0 Å². The molecule has 5 rings (SSSR count). The van der Waals surface area contributed by atoms with Gasteiger partial charge in [-0.05, 0) is 36.4 Å². The van der Waals surface area contributed by atoms with Crippen LogP contribution in [0.2, 0.25) is 0 Å². The van der Waals surface area contributed by atoms with Crippen LogP contribution >= 0.6 is 50.7 Å². The quantitative estimate of drug-likeness (QED) is 0.206. The van der Waals surface area contributed by atoms with Gasteiger partial charge < -0.3 is 0 Å². The molecule has 0 radical (unpaired) electrons. The first kappa shape index (κ1) is 24.1. The number of aryl methyl sites for hydroxylation is 1. The summed E-state index contributed by atoms with van der Waals surface area (Å²) in [7, 11) is 0. The Morgan fingerprint density at radius 1 is 0.829 bits per heavy atom. The minimum atomic E-state index is -1.55. The van der Waals surface area contributed by atoms with Crippen LogP contribution in [0.25, 0.3) is 33.9 Å². The van der Waals surface area contributed by atoms with Gasteiger partial charge in [0.1, 0.15) is 11.6 Å². The van der Waals surface area contributed by atoms with E-state index in [-0.39, 0.29) is 5.56 Å². The number of rotatable bonds is 4. The van der Waals surface area contributed by atoms with Gasteiger partial charge in [0.05, 0.1) is 5.69 Å². The molecule has 5 nitrogen and oxygen atoms in total. The first-order chi connectivity index (χ1) is 16.8. The second-order valence-corrected chi connectivity index (χ2v) is 11.0. The van der Waals surface area contributed by atoms with Crippen LogP contribution in [0.4, 0.5) is 0 Å². The van der Waals surface area contributed by atoms with Crippen LogP contribution in [-0.2, 0) is 10.2 Å². The molecule has 0 saturated carbocycles. The molecule has 0 aliphatic carbocycles. The molecular formula is C26H18BrCl3N4O. The molecule has 0 saturated heterocycles. The van der Waals surface area contributed by atoms with Crippen molar-refractivity contribution in [3.63, 3.8) is 0 Å². The number of hydrogen-bond acceptors (Lipinski definition) is 3. The molecule has 9 heteroatoms. The van der Waals surface area contributed by atoms with Gasteiger partial charge in [-0.15, -0.1) is 0 Å². The molecule has 176 valence electrons. The summed E-state index contributed by atoms with van der Waals surface area (Å²) in [4.78, 5) is 23.6. The van der Waals surface area contributed by atoms with E-state index in [4.69, 9.17) is 44.8 Å². The second-order valence-electron chi connectivity index (χ2n) is 7.85. The highest BCUT2D eigenvalue weighted by Crippen LogP contribution is 2.38. The number of aromatic nitrogens is 4. The van der Waals surface area contributed by atoms with Crippen molar-refractivity contribution >= 4 is 61.9 Å². The van der Waals surface area contributed by atoms with Crippen molar-refractivity contribution in [3.05, 3.63) is 105 Å². The SMILES string of the molecule is CCc1nc2c(=O)n(-c3ccc(Br)cc3)c(-c3ccc(C(Cl)(Cl)Cl)cc3)nc2n1-c1ccccc1. The summed E-state index contributed by atoms with van der Waals surface area (Å²) >= 11 is 21.6. The maximum Gasteiger partial charge on any atom is 0.286 e. The summed E-state index contributed by atoms with van der Waals surface area (Å²) in [6.07, 6.45) is 0.635. The van der Waals surface area contributed by atoms with E-state index in [1.54, 1.807) is 28.8 Å². The maximum atomic E-state index is 13.9. The molecule has 0 fully saturated rings. The number of benzene rings is 3. The first-order valence-electron chi connectivity index (χ1n) is 10.8. The number of imidazole rings is 1. The maximum absolute atomic E-state index is 13.9. The van der Waals surface area contributed by atoms with Crippen molar-refractivity contribution in [3.8, 4) is 22.8 Å². The van der Waals surface area contributed by atoms with Gasteiger partial charge in [-0.3, -0.25) is 13.9 Å². The van der Waals surface area contributed by atoms with Crippen molar-refractivity contribution in [1.82, 2.24) is 19.1 Å². The van der Waals surface area contributed by atoms with Gasteiger partial charge in [0, 0.05) is 27.7 Å². The van der Waals surface area contributed by atoms with Gasteiger partial charge >= 0.3 is 0 Å². The van der Waals surface area contributed by atoms with Crippen LogP contribution in [0.15, 0.2) is 88.1 Å². The third-order valence-corrected chi connectivity index (χ3v) is 6.82. The molecule has 5 aromatic rings. The normalized spacial score (nSPS) is 11.8. The molecule has 0 spiro atoms. The third-order valence-electron chi connectivity index (χ3n) is 5.64. The lowest BCUT2D eigenvalue weighted by Gasteiger charge is -2.15. The summed E-state index contributed by atoms with van der Waals surface area (Å²) in [5.74, 6) is 1.21. The molecule has 2 heterocycles. The topological polar surface area (TPSA) is 52.7 Å². The zero-order valence-electron chi connectivity index (χ0n) is 18.4. The fraction of sp³-hybridized carbons (Fsp3) is 0.115. The Bertz CT molecular complexity index is 1570. The summed E-state index contributed by atoms with van der Waals surface area (Å²) in [6.45, 7) is 2.00. The Balaban J connectivity index is 1.85. The predicted octanol–water partition coefficient (Wildman–Crippen LogP) is 7.39. The van der Waals surface area contributed by atoms with Crippen LogP contribution in [-0.4, -0.2) is 19.1 Å². The third kappa shape index (κ3) is 4.52. The lowest BCUT2D eigenvalue weighted by Crippen LogP contribution is -2.22. The number of hydrogen-bond donors (Lipinski definition) is 0. The largest absolute Gasteiger partial charge is 0.286 e. The molecule has 0 bridgehead atoms. The predicted molar refractivity (Wildman–Crippen MR) is 146 cm³/mol. The van der Waals surface area contributed by atoms with Crippen molar-refractivity contribution < 1.29 is 0 Å². The van der Waals surface area contributed by atoms with Crippen LogP contribution in [0, 0.1) is 0 Å². The summed E-state index contributed by atoms with van der Waals surface area (Å²) in [5.41, 5.74) is 3.30. The van der Waals surface area contributed by atoms with Crippen molar-refractivity contribution in [2.45, 2.75) is 17.1 Å². The highest BCUT2D eigenvalue weighted by molar-refractivity contribution is 9.10. The Labute approximate surface area is 225 Å². The van der Waals surface area contributed by atoms with Gasteiger partial charge in [-0.2, -0.15) is 0 Å². The molecule has 3 aromatic carbocycles. The Kier molecular flexibility index (Phi) is 6.49. The summed E-state index contributed by atoms with van der Waals surface area (Å²) in [5, 5.41) is 0. The number of alkyl halides is 3. The molecule has 2 aromatic heterocycles. The minimum Gasteiger partial charge on any atom is -0.280 e. The molecule has 0 aliphatic rings. The van der Waals surface area contributed by atoms with Crippen LogP contribution < -0.4 is 5.56 Å². The first-order valence-corrected chi connectivity index (χ1v) is 12.7. The lowest BCUT2D eigenvalue weighted by molar-refractivity contribution is 0.900. The fourth-order valence-corrected chi connectivity index (χ4v) is 4.62.